The minimum Gasteiger partial charge on any atom is -0.368 e. The van der Waals surface area contributed by atoms with Gasteiger partial charge in [-0.25, -0.2) is 8.78 Å². The molecule has 1 atom stereocenters. The molecule has 0 aromatic rings. The fraction of sp³-hybridized carbons (Fsp3) is 0.933. The molecular weight excluding hydrogens is 250 g/mol. The number of halogens is 2. The van der Waals surface area contributed by atoms with Gasteiger partial charge >= 0.3 is 0 Å². The van der Waals surface area contributed by atoms with Gasteiger partial charge in [0.1, 0.15) is 5.60 Å². The van der Waals surface area contributed by atoms with Gasteiger partial charge in [-0.05, 0) is 51.4 Å². The van der Waals surface area contributed by atoms with Crippen LogP contribution in [0.5, 0.6) is 0 Å². The Hall–Kier alpha value is -0.510. The topological polar surface area (TPSA) is 26.3 Å². The summed E-state index contributed by atoms with van der Waals surface area (Å²) >= 11 is 0. The Morgan fingerprint density at radius 3 is 2.47 bits per heavy atom. The summed E-state index contributed by atoms with van der Waals surface area (Å²) in [5.41, 5.74) is -0.651. The molecule has 0 spiro atoms. The van der Waals surface area contributed by atoms with Gasteiger partial charge in [-0.15, -0.1) is 0 Å². The highest BCUT2D eigenvalue weighted by molar-refractivity contribution is 5.87. The summed E-state index contributed by atoms with van der Waals surface area (Å²) in [6.07, 6.45) is 4.96. The van der Waals surface area contributed by atoms with Gasteiger partial charge in [-0.3, -0.25) is 4.79 Å². The summed E-state index contributed by atoms with van der Waals surface area (Å²) in [7, 11) is 0. The van der Waals surface area contributed by atoms with Crippen molar-refractivity contribution in [1.82, 2.24) is 0 Å². The van der Waals surface area contributed by atoms with Crippen molar-refractivity contribution in [2.45, 2.75) is 76.2 Å². The van der Waals surface area contributed by atoms with Crippen molar-refractivity contribution in [2.75, 3.05) is 6.61 Å². The lowest BCUT2D eigenvalue weighted by Crippen LogP contribution is -2.41. The average molecular weight is 274 g/mol. The van der Waals surface area contributed by atoms with Crippen molar-refractivity contribution in [3.63, 3.8) is 0 Å². The van der Waals surface area contributed by atoms with Gasteiger partial charge in [0, 0.05) is 25.9 Å². The van der Waals surface area contributed by atoms with Crippen molar-refractivity contribution >= 4 is 5.78 Å². The lowest BCUT2D eigenvalue weighted by Gasteiger charge is -2.32. The Morgan fingerprint density at radius 1 is 1.21 bits per heavy atom. The summed E-state index contributed by atoms with van der Waals surface area (Å²) in [5.74, 6) is -2.67. The standard InChI is InChI=1S/C15H24F2O2/c1-2-19-14(7-3-4-8-14)13(18)10-12-6-5-9-15(16,17)11-12/h12H,2-11H2,1H3. The molecule has 0 aromatic carbocycles. The van der Waals surface area contributed by atoms with Gasteiger partial charge in [0.2, 0.25) is 5.92 Å². The molecule has 2 rings (SSSR count). The minimum atomic E-state index is -2.57. The second-order valence-corrected chi connectivity index (χ2v) is 6.08. The number of ether oxygens (including phenoxy) is 1. The first kappa shape index (κ1) is 14.9. The molecule has 4 heteroatoms. The van der Waals surface area contributed by atoms with Crippen LogP contribution in [-0.4, -0.2) is 23.9 Å². The largest absolute Gasteiger partial charge is 0.368 e. The molecular formula is C15H24F2O2. The van der Waals surface area contributed by atoms with Gasteiger partial charge in [0.15, 0.2) is 5.78 Å². The number of carbonyl (C=O) groups excluding carboxylic acids is 1. The van der Waals surface area contributed by atoms with Crippen LogP contribution < -0.4 is 0 Å². The number of hydrogen-bond acceptors (Lipinski definition) is 2. The van der Waals surface area contributed by atoms with Crippen molar-refractivity contribution < 1.29 is 18.3 Å². The van der Waals surface area contributed by atoms with Crippen LogP contribution in [0.15, 0.2) is 0 Å². The fourth-order valence-electron chi connectivity index (χ4n) is 3.62. The molecule has 0 N–H and O–H groups in total. The normalized spacial score (nSPS) is 29.3. The van der Waals surface area contributed by atoms with Crippen LogP contribution in [0, 0.1) is 5.92 Å². The Labute approximate surface area is 113 Å². The quantitative estimate of drug-likeness (QED) is 0.753. The molecule has 0 heterocycles. The van der Waals surface area contributed by atoms with E-state index in [9.17, 15) is 13.6 Å². The zero-order chi connectivity index (χ0) is 13.9. The van der Waals surface area contributed by atoms with Gasteiger partial charge in [-0.2, -0.15) is 0 Å². The zero-order valence-electron chi connectivity index (χ0n) is 11.7. The summed E-state index contributed by atoms with van der Waals surface area (Å²) in [5, 5.41) is 0. The van der Waals surface area contributed by atoms with Crippen LogP contribution in [0.1, 0.15) is 64.7 Å². The summed E-state index contributed by atoms with van der Waals surface area (Å²) < 4.78 is 32.5. The highest BCUT2D eigenvalue weighted by atomic mass is 19.3. The van der Waals surface area contributed by atoms with Crippen LogP contribution in [0.3, 0.4) is 0 Å². The van der Waals surface area contributed by atoms with Crippen LogP contribution in [-0.2, 0) is 9.53 Å². The molecule has 0 radical (unpaired) electrons. The SMILES string of the molecule is CCOC1(C(=O)CC2CCCC(F)(F)C2)CCCC1. The maximum Gasteiger partial charge on any atom is 0.248 e. The number of ketones is 1. The third-order valence-electron chi connectivity index (χ3n) is 4.56. The molecule has 2 aliphatic rings. The van der Waals surface area contributed by atoms with Crippen LogP contribution in [0.4, 0.5) is 8.78 Å². The summed E-state index contributed by atoms with van der Waals surface area (Å²) in [6.45, 7) is 2.41. The number of rotatable bonds is 5. The Kier molecular flexibility index (Phi) is 4.59. The van der Waals surface area contributed by atoms with Crippen molar-refractivity contribution in [3.8, 4) is 0 Å². The van der Waals surface area contributed by atoms with Crippen molar-refractivity contribution in [2.24, 2.45) is 5.92 Å². The molecule has 1 unspecified atom stereocenters. The molecule has 0 aromatic heterocycles. The van der Waals surface area contributed by atoms with E-state index in [0.717, 1.165) is 32.1 Å². The van der Waals surface area contributed by atoms with E-state index in [1.54, 1.807) is 0 Å². The van der Waals surface area contributed by atoms with E-state index in [2.05, 4.69) is 0 Å². The number of hydrogen-bond donors (Lipinski definition) is 0. The maximum absolute atomic E-state index is 13.4. The molecule has 2 saturated carbocycles. The van der Waals surface area contributed by atoms with E-state index < -0.39 is 11.5 Å². The molecule has 2 nitrogen and oxygen atoms in total. The van der Waals surface area contributed by atoms with Gasteiger partial charge < -0.3 is 4.74 Å². The zero-order valence-corrected chi connectivity index (χ0v) is 11.7. The molecule has 0 aliphatic heterocycles. The van der Waals surface area contributed by atoms with Crippen molar-refractivity contribution in [3.05, 3.63) is 0 Å². The van der Waals surface area contributed by atoms with E-state index in [4.69, 9.17) is 4.74 Å². The first-order chi connectivity index (χ1) is 8.97. The first-order valence-electron chi connectivity index (χ1n) is 7.52. The predicted molar refractivity (Wildman–Crippen MR) is 69.4 cm³/mol. The highest BCUT2D eigenvalue weighted by Gasteiger charge is 2.44. The molecule has 0 amide bonds. The summed E-state index contributed by atoms with van der Waals surface area (Å²) in [4.78, 5) is 12.5. The van der Waals surface area contributed by atoms with Gasteiger partial charge in [-0.1, -0.05) is 0 Å². The highest BCUT2D eigenvalue weighted by Crippen LogP contribution is 2.41. The molecule has 19 heavy (non-hydrogen) atoms. The number of alkyl halides is 2. The fourth-order valence-corrected chi connectivity index (χ4v) is 3.62. The summed E-state index contributed by atoms with van der Waals surface area (Å²) in [6, 6.07) is 0. The van der Waals surface area contributed by atoms with Crippen molar-refractivity contribution in [1.29, 1.82) is 0 Å². The first-order valence-corrected chi connectivity index (χ1v) is 7.52. The Balaban J connectivity index is 1.95. The number of carbonyl (C=O) groups is 1. The molecule has 2 aliphatic carbocycles. The molecule has 0 saturated heterocycles. The van der Waals surface area contributed by atoms with Crippen LogP contribution >= 0.6 is 0 Å². The second kappa shape index (κ2) is 5.86. The molecule has 0 bridgehead atoms. The Morgan fingerprint density at radius 2 is 1.89 bits per heavy atom. The predicted octanol–water partition coefficient (Wildman–Crippen LogP) is 4.12. The lowest BCUT2D eigenvalue weighted by atomic mass is 9.80. The van der Waals surface area contributed by atoms with E-state index in [-0.39, 0.29) is 31.0 Å². The Bertz CT molecular complexity index is 322. The van der Waals surface area contributed by atoms with E-state index in [1.807, 2.05) is 6.92 Å². The molecule has 110 valence electrons. The smallest absolute Gasteiger partial charge is 0.248 e. The second-order valence-electron chi connectivity index (χ2n) is 6.08. The van der Waals surface area contributed by atoms with E-state index in [0.29, 0.717) is 13.0 Å². The molecule has 2 fully saturated rings. The third kappa shape index (κ3) is 3.53. The average Bonchev–Trinajstić information content (AvgIpc) is 2.78. The van der Waals surface area contributed by atoms with Gasteiger partial charge in [0.25, 0.3) is 0 Å². The van der Waals surface area contributed by atoms with Crippen LogP contribution in [0.2, 0.25) is 0 Å². The van der Waals surface area contributed by atoms with E-state index in [1.165, 1.54) is 0 Å². The lowest BCUT2D eigenvalue weighted by molar-refractivity contribution is -0.146. The van der Waals surface area contributed by atoms with Crippen LogP contribution in [0.25, 0.3) is 0 Å². The monoisotopic (exact) mass is 274 g/mol. The maximum atomic E-state index is 13.4. The number of Topliss-reactive ketones (excluding diaryl/α,β-unsaturated/α-hetero) is 1. The van der Waals surface area contributed by atoms with E-state index >= 15 is 0 Å². The minimum absolute atomic E-state index is 0.0196. The van der Waals surface area contributed by atoms with Gasteiger partial charge in [0.05, 0.1) is 0 Å². The third-order valence-corrected chi connectivity index (χ3v) is 4.56.